The number of rotatable bonds is 3. The second kappa shape index (κ2) is 5.95. The predicted molar refractivity (Wildman–Crippen MR) is 66.4 cm³/mol. The van der Waals surface area contributed by atoms with Crippen molar-refractivity contribution in [1.82, 2.24) is 4.90 Å². The molecule has 0 aliphatic carbocycles. The molecule has 0 atom stereocenters. The molecule has 98 valence electrons. The number of halogens is 1. The molecule has 1 amide bonds. The molecule has 1 aromatic rings. The highest BCUT2D eigenvalue weighted by Crippen LogP contribution is 2.12. The van der Waals surface area contributed by atoms with Crippen molar-refractivity contribution in [3.05, 3.63) is 30.1 Å². The van der Waals surface area contributed by atoms with Crippen molar-refractivity contribution in [3.8, 4) is 5.75 Å². The minimum Gasteiger partial charge on any atom is -0.484 e. The molecule has 1 saturated heterocycles. The number of hydrogen-bond acceptors (Lipinski definition) is 3. The van der Waals surface area contributed by atoms with Crippen LogP contribution in [-0.4, -0.2) is 46.2 Å². The summed E-state index contributed by atoms with van der Waals surface area (Å²) in [7, 11) is -0.805. The molecular formula is C12H14FNO3S. The summed E-state index contributed by atoms with van der Waals surface area (Å²) in [6.07, 6.45) is 0. The zero-order valence-electron chi connectivity index (χ0n) is 9.80. The zero-order chi connectivity index (χ0) is 13.0. The second-order valence-electron chi connectivity index (χ2n) is 3.97. The van der Waals surface area contributed by atoms with Crippen molar-refractivity contribution < 1.29 is 18.1 Å². The summed E-state index contributed by atoms with van der Waals surface area (Å²) < 4.78 is 29.3. The summed E-state index contributed by atoms with van der Waals surface area (Å²) in [5, 5.41) is 0. The van der Waals surface area contributed by atoms with Gasteiger partial charge in [0.2, 0.25) is 0 Å². The van der Waals surface area contributed by atoms with Crippen LogP contribution >= 0.6 is 0 Å². The second-order valence-corrected chi connectivity index (χ2v) is 5.67. The first kappa shape index (κ1) is 13.0. The highest BCUT2D eigenvalue weighted by atomic mass is 32.2. The van der Waals surface area contributed by atoms with Gasteiger partial charge in [0.05, 0.1) is 0 Å². The monoisotopic (exact) mass is 271 g/mol. The highest BCUT2D eigenvalue weighted by Gasteiger charge is 2.20. The van der Waals surface area contributed by atoms with Crippen molar-refractivity contribution in [2.24, 2.45) is 0 Å². The van der Waals surface area contributed by atoms with Gasteiger partial charge in [0.15, 0.2) is 6.61 Å². The largest absolute Gasteiger partial charge is 0.484 e. The highest BCUT2D eigenvalue weighted by molar-refractivity contribution is 7.85. The number of hydrogen-bond donors (Lipinski definition) is 0. The van der Waals surface area contributed by atoms with E-state index in [4.69, 9.17) is 4.74 Å². The van der Waals surface area contributed by atoms with Crippen LogP contribution in [0.5, 0.6) is 5.75 Å². The quantitative estimate of drug-likeness (QED) is 0.817. The Hall–Kier alpha value is -1.43. The summed E-state index contributed by atoms with van der Waals surface area (Å²) in [5.74, 6) is 0.824. The van der Waals surface area contributed by atoms with E-state index < -0.39 is 16.6 Å². The fourth-order valence-electron chi connectivity index (χ4n) is 1.68. The molecule has 4 nitrogen and oxygen atoms in total. The van der Waals surface area contributed by atoms with Crippen molar-refractivity contribution in [2.75, 3.05) is 31.2 Å². The zero-order valence-corrected chi connectivity index (χ0v) is 10.6. The average Bonchev–Trinajstić information content (AvgIpc) is 2.37. The number of carbonyl (C=O) groups is 1. The molecule has 0 saturated carbocycles. The van der Waals surface area contributed by atoms with E-state index in [-0.39, 0.29) is 12.5 Å². The predicted octanol–water partition coefficient (Wildman–Crippen LogP) is 0.795. The molecule has 1 fully saturated rings. The molecule has 2 rings (SSSR count). The van der Waals surface area contributed by atoms with Crippen LogP contribution < -0.4 is 4.74 Å². The maximum absolute atomic E-state index is 12.9. The minimum absolute atomic E-state index is 0.115. The SMILES string of the molecule is O=C(COc1cccc(F)c1)N1CCS(=O)CC1. The van der Waals surface area contributed by atoms with Gasteiger partial charge in [-0.25, -0.2) is 4.39 Å². The summed E-state index contributed by atoms with van der Waals surface area (Å²) >= 11 is 0. The first-order chi connectivity index (χ1) is 8.65. The molecule has 1 aromatic carbocycles. The maximum atomic E-state index is 12.9. The van der Waals surface area contributed by atoms with Gasteiger partial charge in [-0.2, -0.15) is 0 Å². The number of carbonyl (C=O) groups excluding carboxylic acids is 1. The van der Waals surface area contributed by atoms with Crippen molar-refractivity contribution in [3.63, 3.8) is 0 Å². The van der Waals surface area contributed by atoms with Gasteiger partial charge in [-0.3, -0.25) is 9.00 Å². The van der Waals surface area contributed by atoms with Gasteiger partial charge in [-0.05, 0) is 12.1 Å². The lowest BCUT2D eigenvalue weighted by Gasteiger charge is -2.26. The van der Waals surface area contributed by atoms with Gasteiger partial charge in [-0.1, -0.05) is 6.07 Å². The third-order valence-electron chi connectivity index (χ3n) is 2.69. The molecule has 1 aliphatic rings. The third kappa shape index (κ3) is 3.53. The topological polar surface area (TPSA) is 46.6 Å². The van der Waals surface area contributed by atoms with Crippen LogP contribution in [0.3, 0.4) is 0 Å². The Kier molecular flexibility index (Phi) is 4.30. The third-order valence-corrected chi connectivity index (χ3v) is 3.96. The van der Waals surface area contributed by atoms with Gasteiger partial charge in [-0.15, -0.1) is 0 Å². The molecule has 0 radical (unpaired) electrons. The van der Waals surface area contributed by atoms with Gasteiger partial charge in [0, 0.05) is 41.5 Å². The molecule has 0 N–H and O–H groups in total. The Bertz CT molecular complexity index is 456. The molecule has 0 spiro atoms. The van der Waals surface area contributed by atoms with Crippen molar-refractivity contribution in [2.45, 2.75) is 0 Å². The van der Waals surface area contributed by atoms with E-state index in [1.165, 1.54) is 18.2 Å². The molecule has 1 aliphatic heterocycles. The lowest BCUT2D eigenvalue weighted by Crippen LogP contribution is -2.43. The molecule has 0 bridgehead atoms. The van der Waals surface area contributed by atoms with Crippen LogP contribution in [0, 0.1) is 5.82 Å². The van der Waals surface area contributed by atoms with E-state index in [0.29, 0.717) is 30.3 Å². The van der Waals surface area contributed by atoms with Gasteiger partial charge < -0.3 is 9.64 Å². The Balaban J connectivity index is 1.83. The fraction of sp³-hybridized carbons (Fsp3) is 0.417. The lowest BCUT2D eigenvalue weighted by molar-refractivity contribution is -0.133. The van der Waals surface area contributed by atoms with Crippen molar-refractivity contribution >= 4 is 16.7 Å². The number of amides is 1. The van der Waals surface area contributed by atoms with Crippen molar-refractivity contribution in [1.29, 1.82) is 0 Å². The first-order valence-corrected chi connectivity index (χ1v) is 7.15. The molecule has 1 heterocycles. The molecular weight excluding hydrogens is 257 g/mol. The Morgan fingerprint density at radius 3 is 2.78 bits per heavy atom. The Labute approximate surface area is 107 Å². The number of nitrogens with zero attached hydrogens (tertiary/aromatic N) is 1. The van der Waals surface area contributed by atoms with Crippen LogP contribution in [0.25, 0.3) is 0 Å². The van der Waals surface area contributed by atoms with Gasteiger partial charge >= 0.3 is 0 Å². The molecule has 18 heavy (non-hydrogen) atoms. The van der Waals surface area contributed by atoms with E-state index in [1.54, 1.807) is 11.0 Å². The standard InChI is InChI=1S/C12H14FNO3S/c13-10-2-1-3-11(8-10)17-9-12(15)14-4-6-18(16)7-5-14/h1-3,8H,4-7,9H2. The van der Waals surface area contributed by atoms with Crippen LogP contribution in [0.1, 0.15) is 0 Å². The molecule has 0 aromatic heterocycles. The Morgan fingerprint density at radius 2 is 2.11 bits per heavy atom. The minimum atomic E-state index is -0.805. The smallest absolute Gasteiger partial charge is 0.260 e. The fourth-order valence-corrected chi connectivity index (χ4v) is 2.73. The van der Waals surface area contributed by atoms with E-state index in [1.807, 2.05) is 0 Å². The van der Waals surface area contributed by atoms with Crippen LogP contribution in [0.15, 0.2) is 24.3 Å². The number of ether oxygens (including phenoxy) is 1. The van der Waals surface area contributed by atoms with Crippen LogP contribution in [-0.2, 0) is 15.6 Å². The number of benzene rings is 1. The molecule has 6 heteroatoms. The summed E-state index contributed by atoms with van der Waals surface area (Å²) in [6, 6.07) is 5.67. The Morgan fingerprint density at radius 1 is 1.39 bits per heavy atom. The summed E-state index contributed by atoms with van der Waals surface area (Å²) in [5.41, 5.74) is 0. The normalized spacial score (nSPS) is 16.6. The average molecular weight is 271 g/mol. The maximum Gasteiger partial charge on any atom is 0.260 e. The summed E-state index contributed by atoms with van der Waals surface area (Å²) in [4.78, 5) is 13.4. The van der Waals surface area contributed by atoms with Gasteiger partial charge in [0.25, 0.3) is 5.91 Å². The van der Waals surface area contributed by atoms with E-state index in [2.05, 4.69) is 0 Å². The first-order valence-electron chi connectivity index (χ1n) is 5.66. The van der Waals surface area contributed by atoms with E-state index >= 15 is 0 Å². The van der Waals surface area contributed by atoms with Crippen LogP contribution in [0.4, 0.5) is 4.39 Å². The summed E-state index contributed by atoms with van der Waals surface area (Å²) in [6.45, 7) is 0.881. The van der Waals surface area contributed by atoms with E-state index in [0.717, 1.165) is 0 Å². The lowest BCUT2D eigenvalue weighted by atomic mass is 10.3. The van der Waals surface area contributed by atoms with Crippen LogP contribution in [0.2, 0.25) is 0 Å². The molecule has 0 unspecified atom stereocenters. The van der Waals surface area contributed by atoms with E-state index in [9.17, 15) is 13.4 Å². The van der Waals surface area contributed by atoms with Gasteiger partial charge in [0.1, 0.15) is 11.6 Å².